The number of benzene rings is 1. The van der Waals surface area contributed by atoms with Crippen molar-refractivity contribution in [1.29, 1.82) is 0 Å². The molecule has 0 aliphatic carbocycles. The Morgan fingerprint density at radius 3 is 2.80 bits per heavy atom. The third-order valence-corrected chi connectivity index (χ3v) is 3.19. The smallest absolute Gasteiger partial charge is 0.231 e. The zero-order chi connectivity index (χ0) is 10.3. The fourth-order valence-electron chi connectivity index (χ4n) is 1.63. The number of aryl methyl sites for hydroxylation is 1. The summed E-state index contributed by atoms with van der Waals surface area (Å²) in [6.45, 7) is 2.37. The molecule has 2 heterocycles. The average molecular weight is 219 g/mol. The van der Waals surface area contributed by atoms with Crippen LogP contribution in [0.3, 0.4) is 0 Å². The quantitative estimate of drug-likeness (QED) is 0.739. The largest absolute Gasteiger partial charge is 0.454 e. The van der Waals surface area contributed by atoms with Gasteiger partial charge in [-0.3, -0.25) is 0 Å². The second-order valence-electron chi connectivity index (χ2n) is 3.36. The van der Waals surface area contributed by atoms with Gasteiger partial charge in [-0.15, -0.1) is 11.3 Å². The standard InChI is InChI=1S/C11H9NO2S/c1-7-4-9-10(14-6-13-9)5-8(7)11-12-2-3-15-11/h2-5H,6H2,1H3. The van der Waals surface area contributed by atoms with E-state index < -0.39 is 0 Å². The van der Waals surface area contributed by atoms with Crippen LogP contribution in [-0.2, 0) is 0 Å². The van der Waals surface area contributed by atoms with E-state index in [-0.39, 0.29) is 0 Å². The maximum atomic E-state index is 5.35. The van der Waals surface area contributed by atoms with Gasteiger partial charge in [-0.25, -0.2) is 4.98 Å². The van der Waals surface area contributed by atoms with Gasteiger partial charge in [0.25, 0.3) is 0 Å². The first-order valence-electron chi connectivity index (χ1n) is 4.65. The van der Waals surface area contributed by atoms with Gasteiger partial charge in [0.05, 0.1) is 0 Å². The second kappa shape index (κ2) is 3.24. The number of nitrogens with zero attached hydrogens (tertiary/aromatic N) is 1. The number of fused-ring (bicyclic) bond motifs is 1. The number of aromatic nitrogens is 1. The van der Waals surface area contributed by atoms with Crippen molar-refractivity contribution in [3.05, 3.63) is 29.3 Å². The SMILES string of the molecule is Cc1cc2c(cc1-c1nccs1)OCO2. The van der Waals surface area contributed by atoms with E-state index in [9.17, 15) is 0 Å². The van der Waals surface area contributed by atoms with E-state index in [1.807, 2.05) is 23.7 Å². The van der Waals surface area contributed by atoms with Gasteiger partial charge in [-0.2, -0.15) is 0 Å². The second-order valence-corrected chi connectivity index (χ2v) is 4.25. The van der Waals surface area contributed by atoms with Crippen molar-refractivity contribution in [2.75, 3.05) is 6.79 Å². The minimum Gasteiger partial charge on any atom is -0.454 e. The van der Waals surface area contributed by atoms with Crippen LogP contribution in [-0.4, -0.2) is 11.8 Å². The summed E-state index contributed by atoms with van der Waals surface area (Å²) in [5.41, 5.74) is 2.28. The van der Waals surface area contributed by atoms with Crippen LogP contribution in [0.4, 0.5) is 0 Å². The first kappa shape index (κ1) is 8.73. The highest BCUT2D eigenvalue weighted by molar-refractivity contribution is 7.13. The molecule has 0 amide bonds. The van der Waals surface area contributed by atoms with Crippen LogP contribution < -0.4 is 9.47 Å². The predicted octanol–water partition coefficient (Wildman–Crippen LogP) is 2.85. The van der Waals surface area contributed by atoms with Crippen LogP contribution in [0, 0.1) is 6.92 Å². The van der Waals surface area contributed by atoms with Crippen molar-refractivity contribution >= 4 is 11.3 Å². The summed E-state index contributed by atoms with van der Waals surface area (Å²) in [6, 6.07) is 4.00. The third kappa shape index (κ3) is 1.37. The molecule has 4 heteroatoms. The lowest BCUT2D eigenvalue weighted by molar-refractivity contribution is 0.174. The molecule has 0 unspecified atom stereocenters. The summed E-state index contributed by atoms with van der Waals surface area (Å²) in [6.07, 6.45) is 1.81. The van der Waals surface area contributed by atoms with E-state index in [4.69, 9.17) is 9.47 Å². The summed E-state index contributed by atoms with van der Waals surface area (Å²) in [5.74, 6) is 1.64. The molecule has 0 saturated heterocycles. The molecule has 0 spiro atoms. The third-order valence-electron chi connectivity index (χ3n) is 2.38. The normalized spacial score (nSPS) is 13.1. The van der Waals surface area contributed by atoms with Crippen molar-refractivity contribution in [1.82, 2.24) is 4.98 Å². The van der Waals surface area contributed by atoms with Gasteiger partial charge in [0.2, 0.25) is 6.79 Å². The maximum absolute atomic E-state index is 5.35. The molecule has 0 N–H and O–H groups in total. The van der Waals surface area contributed by atoms with Gasteiger partial charge >= 0.3 is 0 Å². The predicted molar refractivity (Wildman–Crippen MR) is 58.4 cm³/mol. The van der Waals surface area contributed by atoms with E-state index in [1.54, 1.807) is 11.3 Å². The first-order chi connectivity index (χ1) is 7.34. The van der Waals surface area contributed by atoms with Crippen molar-refractivity contribution < 1.29 is 9.47 Å². The maximum Gasteiger partial charge on any atom is 0.231 e. The van der Waals surface area contributed by atoms with Crippen LogP contribution in [0.2, 0.25) is 0 Å². The molecule has 76 valence electrons. The lowest BCUT2D eigenvalue weighted by Crippen LogP contribution is -1.92. The minimum absolute atomic E-state index is 0.316. The molecule has 1 aromatic heterocycles. The molecule has 3 rings (SSSR count). The van der Waals surface area contributed by atoms with Crippen molar-refractivity contribution in [2.24, 2.45) is 0 Å². The van der Waals surface area contributed by atoms with Crippen molar-refractivity contribution in [2.45, 2.75) is 6.92 Å². The Morgan fingerprint density at radius 1 is 1.27 bits per heavy atom. The van der Waals surface area contributed by atoms with Crippen LogP contribution in [0.25, 0.3) is 10.6 Å². The molecule has 0 bridgehead atoms. The van der Waals surface area contributed by atoms with E-state index in [0.29, 0.717) is 6.79 Å². The first-order valence-corrected chi connectivity index (χ1v) is 5.52. The number of rotatable bonds is 1. The zero-order valence-electron chi connectivity index (χ0n) is 8.19. The Bertz CT molecular complexity index is 494. The van der Waals surface area contributed by atoms with E-state index in [1.165, 1.54) is 0 Å². The van der Waals surface area contributed by atoms with Crippen molar-refractivity contribution in [3.63, 3.8) is 0 Å². The number of hydrogen-bond donors (Lipinski definition) is 0. The molecule has 0 fully saturated rings. The van der Waals surface area contributed by atoms with Gasteiger partial charge in [-0.05, 0) is 24.6 Å². The topological polar surface area (TPSA) is 31.4 Å². The Labute approximate surface area is 91.3 Å². The molecule has 1 aliphatic heterocycles. The number of ether oxygens (including phenoxy) is 2. The van der Waals surface area contributed by atoms with E-state index >= 15 is 0 Å². The molecule has 1 aliphatic rings. The lowest BCUT2D eigenvalue weighted by Gasteiger charge is -2.04. The highest BCUT2D eigenvalue weighted by atomic mass is 32.1. The summed E-state index contributed by atoms with van der Waals surface area (Å²) in [4.78, 5) is 4.29. The van der Waals surface area contributed by atoms with Crippen LogP contribution >= 0.6 is 11.3 Å². The fraction of sp³-hybridized carbons (Fsp3) is 0.182. The molecule has 1 aromatic carbocycles. The molecular weight excluding hydrogens is 210 g/mol. The van der Waals surface area contributed by atoms with Crippen LogP contribution in [0.15, 0.2) is 23.7 Å². The Hall–Kier alpha value is -1.55. The number of hydrogen-bond acceptors (Lipinski definition) is 4. The van der Waals surface area contributed by atoms with Crippen LogP contribution in [0.1, 0.15) is 5.56 Å². The minimum atomic E-state index is 0.316. The van der Waals surface area contributed by atoms with E-state index in [2.05, 4.69) is 11.9 Å². The Balaban J connectivity index is 2.17. The fourth-order valence-corrected chi connectivity index (χ4v) is 2.35. The molecule has 15 heavy (non-hydrogen) atoms. The Kier molecular flexibility index (Phi) is 1.89. The monoisotopic (exact) mass is 219 g/mol. The van der Waals surface area contributed by atoms with Crippen LogP contribution in [0.5, 0.6) is 11.5 Å². The lowest BCUT2D eigenvalue weighted by atomic mass is 10.1. The molecular formula is C11H9NO2S. The van der Waals surface area contributed by atoms with Gasteiger partial charge in [0.1, 0.15) is 5.01 Å². The highest BCUT2D eigenvalue weighted by Crippen LogP contribution is 2.38. The van der Waals surface area contributed by atoms with Gasteiger partial charge in [0, 0.05) is 17.1 Å². The average Bonchev–Trinajstić information content (AvgIpc) is 2.85. The van der Waals surface area contributed by atoms with Gasteiger partial charge in [-0.1, -0.05) is 0 Å². The zero-order valence-corrected chi connectivity index (χ0v) is 9.00. The van der Waals surface area contributed by atoms with Gasteiger partial charge in [0.15, 0.2) is 11.5 Å². The van der Waals surface area contributed by atoms with E-state index in [0.717, 1.165) is 27.6 Å². The summed E-state index contributed by atoms with van der Waals surface area (Å²) in [7, 11) is 0. The molecule has 0 saturated carbocycles. The Morgan fingerprint density at radius 2 is 2.07 bits per heavy atom. The number of thiazole rings is 1. The summed E-state index contributed by atoms with van der Waals surface area (Å²) >= 11 is 1.63. The summed E-state index contributed by atoms with van der Waals surface area (Å²) in [5, 5.41) is 2.99. The van der Waals surface area contributed by atoms with Gasteiger partial charge < -0.3 is 9.47 Å². The molecule has 0 atom stereocenters. The molecule has 2 aromatic rings. The molecule has 3 nitrogen and oxygen atoms in total. The molecule has 0 radical (unpaired) electrons. The summed E-state index contributed by atoms with van der Waals surface area (Å²) < 4.78 is 10.7. The van der Waals surface area contributed by atoms with Crippen molar-refractivity contribution in [3.8, 4) is 22.1 Å². The highest BCUT2D eigenvalue weighted by Gasteiger charge is 2.17.